The lowest BCUT2D eigenvalue weighted by Crippen LogP contribution is -2.36. The Balaban J connectivity index is 1.70. The maximum Gasteiger partial charge on any atom is 0.322 e. The van der Waals surface area contributed by atoms with Crippen LogP contribution in [0.3, 0.4) is 0 Å². The summed E-state index contributed by atoms with van der Waals surface area (Å²) < 4.78 is 0. The molecule has 9 heteroatoms. The fraction of sp³-hybridized carbons (Fsp3) is 0.250. The summed E-state index contributed by atoms with van der Waals surface area (Å²) in [6, 6.07) is 19.8. The fourth-order valence-electron chi connectivity index (χ4n) is 3.60. The van der Waals surface area contributed by atoms with Crippen LogP contribution in [0.5, 0.6) is 0 Å². The van der Waals surface area contributed by atoms with E-state index in [0.29, 0.717) is 40.8 Å². The van der Waals surface area contributed by atoms with Crippen molar-refractivity contribution in [3.05, 3.63) is 99.0 Å². The van der Waals surface area contributed by atoms with Crippen LogP contribution in [0.25, 0.3) is 0 Å². The smallest absolute Gasteiger partial charge is 0.322 e. The van der Waals surface area contributed by atoms with Crippen LogP contribution in [0.4, 0.5) is 10.5 Å². The van der Waals surface area contributed by atoms with Crippen molar-refractivity contribution in [2.24, 2.45) is 0 Å². The van der Waals surface area contributed by atoms with Gasteiger partial charge >= 0.3 is 12.0 Å². The van der Waals surface area contributed by atoms with Crippen LogP contribution in [-0.2, 0) is 24.2 Å². The number of urea groups is 1. The van der Waals surface area contributed by atoms with E-state index >= 15 is 0 Å². The van der Waals surface area contributed by atoms with Crippen molar-refractivity contribution >= 4 is 46.8 Å². The molecule has 0 saturated heterocycles. The van der Waals surface area contributed by atoms with Crippen molar-refractivity contribution in [3.8, 4) is 0 Å². The number of benzene rings is 3. The number of hydrogen-bond donors (Lipinski definition) is 3. The van der Waals surface area contributed by atoms with Crippen molar-refractivity contribution in [1.82, 2.24) is 10.2 Å². The van der Waals surface area contributed by atoms with Crippen molar-refractivity contribution in [2.75, 3.05) is 18.4 Å². The number of amides is 3. The molecule has 3 rings (SSSR count). The molecule has 3 N–H and O–H groups in total. The Morgan fingerprint density at radius 2 is 1.51 bits per heavy atom. The molecule has 0 bridgehead atoms. The molecule has 37 heavy (non-hydrogen) atoms. The Labute approximate surface area is 226 Å². The van der Waals surface area contributed by atoms with Crippen LogP contribution in [0.15, 0.2) is 66.7 Å². The van der Waals surface area contributed by atoms with Gasteiger partial charge in [-0.1, -0.05) is 60.5 Å². The molecule has 0 aliphatic carbocycles. The molecule has 0 fully saturated rings. The van der Waals surface area contributed by atoms with Crippen LogP contribution >= 0.6 is 23.2 Å². The van der Waals surface area contributed by atoms with E-state index in [2.05, 4.69) is 17.6 Å². The summed E-state index contributed by atoms with van der Waals surface area (Å²) in [4.78, 5) is 37.8. The molecule has 3 amide bonds. The molecule has 3 aromatic rings. The van der Waals surface area contributed by atoms with E-state index in [1.807, 2.05) is 30.3 Å². The summed E-state index contributed by atoms with van der Waals surface area (Å²) in [5.74, 6) is -1.33. The van der Waals surface area contributed by atoms with Crippen molar-refractivity contribution in [1.29, 1.82) is 0 Å². The molecule has 7 nitrogen and oxygen atoms in total. The minimum Gasteiger partial charge on any atom is -0.481 e. The summed E-state index contributed by atoms with van der Waals surface area (Å²) in [7, 11) is 0. The first-order chi connectivity index (χ1) is 17.7. The van der Waals surface area contributed by atoms with Gasteiger partial charge in [-0.15, -0.1) is 0 Å². The molecule has 0 aromatic heterocycles. The molecule has 0 spiro atoms. The molecule has 0 radical (unpaired) electrons. The van der Waals surface area contributed by atoms with E-state index in [-0.39, 0.29) is 24.9 Å². The number of halogens is 2. The SMILES string of the molecule is CCc1ccc(NC(=O)N(CCc2ccc(Cl)c(Cl)c2)Cc2ccc(C(=O)NCCC(=O)O)cc2)cc1. The van der Waals surface area contributed by atoms with E-state index in [1.165, 1.54) is 5.56 Å². The zero-order chi connectivity index (χ0) is 26.8. The van der Waals surface area contributed by atoms with Gasteiger partial charge in [0.2, 0.25) is 0 Å². The van der Waals surface area contributed by atoms with Crippen LogP contribution in [0.2, 0.25) is 10.0 Å². The predicted octanol–water partition coefficient (Wildman–Crippen LogP) is 6.04. The Kier molecular flexibility index (Phi) is 10.4. The zero-order valence-corrected chi connectivity index (χ0v) is 22.0. The number of nitrogens with zero attached hydrogens (tertiary/aromatic N) is 1. The van der Waals surface area contributed by atoms with Gasteiger partial charge in [-0.2, -0.15) is 0 Å². The lowest BCUT2D eigenvalue weighted by molar-refractivity contribution is -0.136. The first kappa shape index (κ1) is 28.0. The summed E-state index contributed by atoms with van der Waals surface area (Å²) >= 11 is 12.2. The summed E-state index contributed by atoms with van der Waals surface area (Å²) in [6.45, 7) is 2.87. The number of carboxylic acids is 1. The molecular formula is C28H29Cl2N3O4. The van der Waals surface area contributed by atoms with E-state index in [4.69, 9.17) is 28.3 Å². The highest BCUT2D eigenvalue weighted by Crippen LogP contribution is 2.23. The Bertz CT molecular complexity index is 1230. The van der Waals surface area contributed by atoms with Gasteiger partial charge in [0.15, 0.2) is 0 Å². The minimum atomic E-state index is -0.976. The van der Waals surface area contributed by atoms with E-state index in [1.54, 1.807) is 41.3 Å². The van der Waals surface area contributed by atoms with Crippen LogP contribution in [-0.4, -0.2) is 41.0 Å². The number of aryl methyl sites for hydroxylation is 1. The molecule has 0 heterocycles. The lowest BCUT2D eigenvalue weighted by atomic mass is 10.1. The monoisotopic (exact) mass is 541 g/mol. The molecule has 0 aliphatic rings. The van der Waals surface area contributed by atoms with Gasteiger partial charge < -0.3 is 20.6 Å². The average Bonchev–Trinajstić information content (AvgIpc) is 2.89. The maximum absolute atomic E-state index is 13.2. The Hall–Kier alpha value is -3.55. The second-order valence-corrected chi connectivity index (χ2v) is 9.31. The Morgan fingerprint density at radius 1 is 0.865 bits per heavy atom. The van der Waals surface area contributed by atoms with Crippen LogP contribution in [0, 0.1) is 0 Å². The van der Waals surface area contributed by atoms with E-state index in [9.17, 15) is 14.4 Å². The maximum atomic E-state index is 13.2. The molecule has 194 valence electrons. The summed E-state index contributed by atoms with van der Waals surface area (Å²) in [5, 5.41) is 15.2. The van der Waals surface area contributed by atoms with Gasteiger partial charge in [0.1, 0.15) is 0 Å². The number of carbonyl (C=O) groups excluding carboxylic acids is 2. The predicted molar refractivity (Wildman–Crippen MR) is 146 cm³/mol. The highest BCUT2D eigenvalue weighted by atomic mass is 35.5. The largest absolute Gasteiger partial charge is 0.481 e. The van der Waals surface area contributed by atoms with Gasteiger partial charge in [0, 0.05) is 30.9 Å². The van der Waals surface area contributed by atoms with Crippen molar-refractivity contribution in [2.45, 2.75) is 32.7 Å². The molecular weight excluding hydrogens is 513 g/mol. The third-order valence-electron chi connectivity index (χ3n) is 5.77. The highest BCUT2D eigenvalue weighted by molar-refractivity contribution is 6.42. The number of aliphatic carboxylic acids is 1. The van der Waals surface area contributed by atoms with Gasteiger partial charge in [0.25, 0.3) is 5.91 Å². The van der Waals surface area contributed by atoms with Crippen LogP contribution < -0.4 is 10.6 Å². The summed E-state index contributed by atoms with van der Waals surface area (Å²) in [6.07, 6.45) is 1.34. The second-order valence-electron chi connectivity index (χ2n) is 8.50. The molecule has 0 unspecified atom stereocenters. The minimum absolute atomic E-state index is 0.0534. The van der Waals surface area contributed by atoms with Gasteiger partial charge in [0.05, 0.1) is 16.5 Å². The first-order valence-corrected chi connectivity index (χ1v) is 12.7. The second kappa shape index (κ2) is 13.7. The summed E-state index contributed by atoms with van der Waals surface area (Å²) in [5.41, 5.74) is 4.09. The number of rotatable bonds is 11. The van der Waals surface area contributed by atoms with Gasteiger partial charge in [-0.3, -0.25) is 9.59 Å². The number of carbonyl (C=O) groups is 3. The van der Waals surface area contributed by atoms with Crippen LogP contribution in [0.1, 0.15) is 40.4 Å². The number of nitrogens with one attached hydrogen (secondary N) is 2. The first-order valence-electron chi connectivity index (χ1n) is 11.9. The van der Waals surface area contributed by atoms with E-state index in [0.717, 1.165) is 17.5 Å². The molecule has 3 aromatic carbocycles. The van der Waals surface area contributed by atoms with Gasteiger partial charge in [-0.05, 0) is 65.9 Å². The van der Waals surface area contributed by atoms with Crippen molar-refractivity contribution in [3.63, 3.8) is 0 Å². The molecule has 0 saturated carbocycles. The third-order valence-corrected chi connectivity index (χ3v) is 6.51. The highest BCUT2D eigenvalue weighted by Gasteiger charge is 2.16. The Morgan fingerprint density at radius 3 is 2.14 bits per heavy atom. The number of hydrogen-bond acceptors (Lipinski definition) is 3. The average molecular weight is 542 g/mol. The van der Waals surface area contributed by atoms with Crippen molar-refractivity contribution < 1.29 is 19.5 Å². The standard InChI is InChI=1S/C28H29Cl2N3O4/c1-2-19-5-10-23(11-6-19)32-28(37)33(16-14-20-7-12-24(29)25(30)17-20)18-21-3-8-22(9-4-21)27(36)31-15-13-26(34)35/h3-12,17H,2,13-16,18H2,1H3,(H,31,36)(H,32,37)(H,34,35). The zero-order valence-electron chi connectivity index (χ0n) is 20.5. The molecule has 0 atom stereocenters. The number of carboxylic acid groups (broad SMARTS) is 1. The van der Waals surface area contributed by atoms with Gasteiger partial charge in [-0.25, -0.2) is 4.79 Å². The normalized spacial score (nSPS) is 10.6. The number of anilines is 1. The quantitative estimate of drug-likeness (QED) is 0.275. The molecule has 0 aliphatic heterocycles. The lowest BCUT2D eigenvalue weighted by Gasteiger charge is -2.24. The third kappa shape index (κ3) is 8.81. The topological polar surface area (TPSA) is 98.7 Å². The fourth-order valence-corrected chi connectivity index (χ4v) is 3.93. The van der Waals surface area contributed by atoms with E-state index < -0.39 is 5.97 Å².